The highest BCUT2D eigenvalue weighted by Gasteiger charge is 2.20. The van der Waals surface area contributed by atoms with E-state index >= 15 is 0 Å². The van der Waals surface area contributed by atoms with Gasteiger partial charge in [0.2, 0.25) is 0 Å². The third kappa shape index (κ3) is 6.50. The van der Waals surface area contributed by atoms with Crippen LogP contribution >= 0.6 is 11.8 Å². The largest absolute Gasteiger partial charge is 0.387 e. The zero-order valence-corrected chi connectivity index (χ0v) is 12.5. The van der Waals surface area contributed by atoms with E-state index in [2.05, 4.69) is 10.6 Å². The van der Waals surface area contributed by atoms with Crippen molar-refractivity contribution < 1.29 is 9.90 Å². The Bertz CT molecular complexity index is 404. The van der Waals surface area contributed by atoms with E-state index in [9.17, 15) is 9.90 Å². The fourth-order valence-electron chi connectivity index (χ4n) is 1.58. The number of rotatable bonds is 6. The third-order valence-corrected chi connectivity index (χ3v) is 3.57. The fraction of sp³-hybridized carbons (Fsp3) is 0.500. The molecule has 0 aliphatic heterocycles. The third-order valence-electron chi connectivity index (χ3n) is 2.66. The van der Waals surface area contributed by atoms with Crippen molar-refractivity contribution in [3.8, 4) is 0 Å². The van der Waals surface area contributed by atoms with Crippen LogP contribution in [0.25, 0.3) is 0 Å². The van der Waals surface area contributed by atoms with Crippen LogP contribution in [-0.4, -0.2) is 35.3 Å². The van der Waals surface area contributed by atoms with Crippen LogP contribution in [0.5, 0.6) is 0 Å². The molecule has 106 valence electrons. The Hall–Kier alpha value is -1.20. The molecule has 0 heterocycles. The number of amides is 2. The zero-order chi connectivity index (χ0) is 14.3. The highest BCUT2D eigenvalue weighted by Crippen LogP contribution is 2.08. The van der Waals surface area contributed by atoms with Crippen molar-refractivity contribution in [2.24, 2.45) is 0 Å². The molecule has 0 saturated heterocycles. The molecule has 0 spiro atoms. The van der Waals surface area contributed by atoms with Crippen LogP contribution in [-0.2, 0) is 6.54 Å². The van der Waals surface area contributed by atoms with E-state index in [0.717, 1.165) is 5.56 Å². The van der Waals surface area contributed by atoms with E-state index in [1.54, 1.807) is 18.7 Å². The molecule has 0 aliphatic carbocycles. The Morgan fingerprint density at radius 1 is 1.32 bits per heavy atom. The number of thioether (sulfide) groups is 1. The summed E-state index contributed by atoms with van der Waals surface area (Å²) in [6.07, 6.45) is 1.92. The van der Waals surface area contributed by atoms with E-state index in [0.29, 0.717) is 12.3 Å². The topological polar surface area (TPSA) is 61.4 Å². The predicted molar refractivity (Wildman–Crippen MR) is 80.4 cm³/mol. The standard InChI is InChI=1S/C14H22N2O2S/c1-11-4-6-12(7-5-11)8-15-13(17)16-9-14(2,18)10-19-3/h4-7,18H,8-10H2,1-3H3,(H2,15,16,17). The Balaban J connectivity index is 2.30. The molecule has 0 fully saturated rings. The first-order valence-corrected chi connectivity index (χ1v) is 7.61. The van der Waals surface area contributed by atoms with Crippen molar-refractivity contribution >= 4 is 17.8 Å². The molecule has 5 heteroatoms. The normalized spacial score (nSPS) is 13.7. The molecule has 3 N–H and O–H groups in total. The van der Waals surface area contributed by atoms with Gasteiger partial charge in [-0.05, 0) is 25.7 Å². The van der Waals surface area contributed by atoms with E-state index in [1.165, 1.54) is 5.56 Å². The first-order valence-electron chi connectivity index (χ1n) is 6.21. The Morgan fingerprint density at radius 2 is 1.95 bits per heavy atom. The second-order valence-electron chi connectivity index (χ2n) is 4.95. The smallest absolute Gasteiger partial charge is 0.315 e. The van der Waals surface area contributed by atoms with Crippen molar-refractivity contribution in [2.75, 3.05) is 18.6 Å². The SMILES string of the molecule is CSCC(C)(O)CNC(=O)NCc1ccc(C)cc1. The molecule has 1 rings (SSSR count). The van der Waals surface area contributed by atoms with Gasteiger partial charge in [0.1, 0.15) is 0 Å². The Kier molecular flexibility index (Phi) is 6.18. The zero-order valence-electron chi connectivity index (χ0n) is 11.7. The maximum atomic E-state index is 11.6. The molecule has 4 nitrogen and oxygen atoms in total. The summed E-state index contributed by atoms with van der Waals surface area (Å²) in [5.41, 5.74) is 1.37. The minimum absolute atomic E-state index is 0.244. The number of urea groups is 1. The van der Waals surface area contributed by atoms with Gasteiger partial charge in [-0.15, -0.1) is 0 Å². The van der Waals surface area contributed by atoms with Gasteiger partial charge in [-0.25, -0.2) is 4.79 Å². The molecule has 19 heavy (non-hydrogen) atoms. The minimum Gasteiger partial charge on any atom is -0.387 e. The summed E-state index contributed by atoms with van der Waals surface area (Å²) in [6.45, 7) is 4.46. The predicted octanol–water partition coefficient (Wildman–Crippen LogP) is 1.91. The van der Waals surface area contributed by atoms with Gasteiger partial charge < -0.3 is 15.7 Å². The summed E-state index contributed by atoms with van der Waals surface area (Å²) in [6, 6.07) is 7.73. The lowest BCUT2D eigenvalue weighted by molar-refractivity contribution is 0.0869. The van der Waals surface area contributed by atoms with Crippen LogP contribution in [0.3, 0.4) is 0 Å². The first kappa shape index (κ1) is 15.9. The monoisotopic (exact) mass is 282 g/mol. The van der Waals surface area contributed by atoms with Gasteiger partial charge >= 0.3 is 6.03 Å². The van der Waals surface area contributed by atoms with E-state index in [-0.39, 0.29) is 12.6 Å². The van der Waals surface area contributed by atoms with Crippen LogP contribution in [0.15, 0.2) is 24.3 Å². The molecule has 1 aromatic rings. The van der Waals surface area contributed by atoms with Gasteiger partial charge in [-0.1, -0.05) is 29.8 Å². The first-order chi connectivity index (χ1) is 8.93. The quantitative estimate of drug-likeness (QED) is 0.747. The van der Waals surface area contributed by atoms with Crippen LogP contribution < -0.4 is 10.6 Å². The number of hydrogen-bond acceptors (Lipinski definition) is 3. The van der Waals surface area contributed by atoms with Crippen molar-refractivity contribution in [2.45, 2.75) is 26.0 Å². The number of aliphatic hydroxyl groups is 1. The number of carbonyl (C=O) groups excluding carboxylic acids is 1. The molecule has 0 aliphatic rings. The summed E-state index contributed by atoms with van der Waals surface area (Å²) in [7, 11) is 0. The van der Waals surface area contributed by atoms with Gasteiger partial charge in [-0.3, -0.25) is 0 Å². The summed E-state index contributed by atoms with van der Waals surface area (Å²) < 4.78 is 0. The number of benzene rings is 1. The summed E-state index contributed by atoms with van der Waals surface area (Å²) >= 11 is 1.55. The van der Waals surface area contributed by atoms with Gasteiger partial charge in [0.25, 0.3) is 0 Å². The molecule has 0 saturated carbocycles. The highest BCUT2D eigenvalue weighted by molar-refractivity contribution is 7.98. The lowest BCUT2D eigenvalue weighted by Gasteiger charge is -2.22. The molecular weight excluding hydrogens is 260 g/mol. The van der Waals surface area contributed by atoms with E-state index in [1.807, 2.05) is 37.4 Å². The number of aryl methyl sites for hydroxylation is 1. The Morgan fingerprint density at radius 3 is 2.53 bits per heavy atom. The van der Waals surface area contributed by atoms with Gasteiger partial charge in [0.15, 0.2) is 0 Å². The van der Waals surface area contributed by atoms with Crippen LogP contribution in [0, 0.1) is 6.92 Å². The average molecular weight is 282 g/mol. The molecule has 1 aromatic carbocycles. The second kappa shape index (κ2) is 7.40. The van der Waals surface area contributed by atoms with Crippen molar-refractivity contribution in [3.63, 3.8) is 0 Å². The number of hydrogen-bond donors (Lipinski definition) is 3. The van der Waals surface area contributed by atoms with Crippen molar-refractivity contribution in [3.05, 3.63) is 35.4 Å². The Labute approximate surface area is 119 Å². The molecule has 0 radical (unpaired) electrons. The number of carbonyl (C=O) groups is 1. The van der Waals surface area contributed by atoms with Gasteiger partial charge in [0.05, 0.1) is 5.60 Å². The van der Waals surface area contributed by atoms with Crippen molar-refractivity contribution in [1.29, 1.82) is 0 Å². The van der Waals surface area contributed by atoms with E-state index < -0.39 is 5.60 Å². The maximum absolute atomic E-state index is 11.6. The fourth-order valence-corrected chi connectivity index (χ4v) is 2.31. The highest BCUT2D eigenvalue weighted by atomic mass is 32.2. The summed E-state index contributed by atoms with van der Waals surface area (Å²) in [4.78, 5) is 11.6. The summed E-state index contributed by atoms with van der Waals surface area (Å²) in [5, 5.41) is 15.4. The van der Waals surface area contributed by atoms with E-state index in [4.69, 9.17) is 0 Å². The average Bonchev–Trinajstić information content (AvgIpc) is 2.36. The molecule has 1 unspecified atom stereocenters. The molecule has 0 bridgehead atoms. The summed E-state index contributed by atoms with van der Waals surface area (Å²) in [5.74, 6) is 0.589. The van der Waals surface area contributed by atoms with Crippen LogP contribution in [0.2, 0.25) is 0 Å². The molecular formula is C14H22N2O2S. The van der Waals surface area contributed by atoms with Crippen LogP contribution in [0.1, 0.15) is 18.1 Å². The molecule has 2 amide bonds. The second-order valence-corrected chi connectivity index (χ2v) is 5.82. The lowest BCUT2D eigenvalue weighted by Crippen LogP contribution is -2.45. The molecule has 1 atom stereocenters. The van der Waals surface area contributed by atoms with Crippen molar-refractivity contribution in [1.82, 2.24) is 10.6 Å². The van der Waals surface area contributed by atoms with Gasteiger partial charge in [0, 0.05) is 18.8 Å². The maximum Gasteiger partial charge on any atom is 0.315 e. The minimum atomic E-state index is -0.874. The lowest BCUT2D eigenvalue weighted by atomic mass is 10.1. The van der Waals surface area contributed by atoms with Crippen LogP contribution in [0.4, 0.5) is 4.79 Å². The van der Waals surface area contributed by atoms with Gasteiger partial charge in [-0.2, -0.15) is 11.8 Å². The number of nitrogens with one attached hydrogen (secondary N) is 2. The molecule has 0 aromatic heterocycles.